The molecule has 1 atom stereocenters. The van der Waals surface area contributed by atoms with Gasteiger partial charge in [0.05, 0.1) is 0 Å². The highest BCUT2D eigenvalue weighted by Crippen LogP contribution is 2.42. The fraction of sp³-hybridized carbons (Fsp3) is 0.391. The molecule has 0 spiro atoms. The van der Waals surface area contributed by atoms with E-state index in [1.54, 1.807) is 5.56 Å². The monoisotopic (exact) mass is 330 g/mol. The molecule has 0 amide bonds. The van der Waals surface area contributed by atoms with E-state index >= 15 is 0 Å². The predicted octanol–water partition coefficient (Wildman–Crippen LogP) is 4.81. The summed E-state index contributed by atoms with van der Waals surface area (Å²) in [7, 11) is 0. The number of aromatic nitrogens is 1. The van der Waals surface area contributed by atoms with Gasteiger partial charge in [0.2, 0.25) is 0 Å². The lowest BCUT2D eigenvalue weighted by Crippen LogP contribution is -2.46. The first-order valence-corrected chi connectivity index (χ1v) is 9.63. The SMILES string of the molecule is Cc1ccc(Cn2cc(C3CN4CCC3CC4)c3ccccc32)cc1. The van der Waals surface area contributed by atoms with Crippen molar-refractivity contribution in [2.45, 2.75) is 32.2 Å². The third kappa shape index (κ3) is 2.69. The summed E-state index contributed by atoms with van der Waals surface area (Å²) in [6.07, 6.45) is 5.21. The molecule has 4 heterocycles. The Kier molecular flexibility index (Phi) is 3.67. The Morgan fingerprint density at radius 1 is 0.960 bits per heavy atom. The van der Waals surface area contributed by atoms with E-state index in [2.05, 4.69) is 71.1 Å². The van der Waals surface area contributed by atoms with Gasteiger partial charge in [0.1, 0.15) is 0 Å². The number of fused-ring (bicyclic) bond motifs is 4. The fourth-order valence-corrected chi connectivity index (χ4v) is 4.91. The second-order valence-corrected chi connectivity index (χ2v) is 7.96. The van der Waals surface area contributed by atoms with Crippen molar-refractivity contribution in [2.24, 2.45) is 5.92 Å². The standard InChI is InChI=1S/C23H26N2/c1-17-6-8-18(9-7-17)14-25-16-22(20-4-2-3-5-23(20)25)21-15-24-12-10-19(21)11-13-24/h2-9,16,19,21H,10-15H2,1H3. The van der Waals surface area contributed by atoms with Gasteiger partial charge in [-0.2, -0.15) is 0 Å². The van der Waals surface area contributed by atoms with Crippen LogP contribution in [0.25, 0.3) is 10.9 Å². The van der Waals surface area contributed by atoms with Crippen LogP contribution in [-0.2, 0) is 6.54 Å². The summed E-state index contributed by atoms with van der Waals surface area (Å²) in [6, 6.07) is 17.9. The van der Waals surface area contributed by atoms with Crippen LogP contribution in [-0.4, -0.2) is 29.1 Å². The lowest BCUT2D eigenvalue weighted by atomic mass is 9.75. The van der Waals surface area contributed by atoms with Crippen LogP contribution in [0.5, 0.6) is 0 Å². The van der Waals surface area contributed by atoms with Gasteiger partial charge in [-0.3, -0.25) is 0 Å². The minimum absolute atomic E-state index is 0.715. The summed E-state index contributed by atoms with van der Waals surface area (Å²) < 4.78 is 2.47. The molecule has 0 N–H and O–H groups in total. The number of rotatable bonds is 3. The molecule has 3 saturated heterocycles. The molecule has 2 heteroatoms. The molecule has 0 saturated carbocycles. The van der Waals surface area contributed by atoms with E-state index in [1.165, 1.54) is 54.5 Å². The largest absolute Gasteiger partial charge is 0.343 e. The minimum Gasteiger partial charge on any atom is -0.343 e. The zero-order valence-electron chi connectivity index (χ0n) is 15.0. The quantitative estimate of drug-likeness (QED) is 0.669. The van der Waals surface area contributed by atoms with E-state index in [1.807, 2.05) is 0 Å². The summed E-state index contributed by atoms with van der Waals surface area (Å²) in [5.41, 5.74) is 5.67. The first kappa shape index (κ1) is 15.2. The Balaban J connectivity index is 1.55. The molecule has 3 aliphatic rings. The molecule has 128 valence electrons. The summed E-state index contributed by atoms with van der Waals surface area (Å²) in [4.78, 5) is 2.66. The molecular formula is C23H26N2. The number of benzene rings is 2. The fourth-order valence-electron chi connectivity index (χ4n) is 4.91. The van der Waals surface area contributed by atoms with Gasteiger partial charge in [-0.05, 0) is 56.0 Å². The lowest BCUT2D eigenvalue weighted by Gasteiger charge is -2.44. The highest BCUT2D eigenvalue weighted by Gasteiger charge is 2.36. The number of aryl methyl sites for hydroxylation is 1. The third-order valence-electron chi connectivity index (χ3n) is 6.35. The molecule has 0 radical (unpaired) electrons. The molecule has 3 aromatic rings. The van der Waals surface area contributed by atoms with Gasteiger partial charge in [-0.1, -0.05) is 48.0 Å². The van der Waals surface area contributed by atoms with E-state index in [0.717, 1.165) is 12.5 Å². The summed E-state index contributed by atoms with van der Waals surface area (Å²) in [5, 5.41) is 1.47. The van der Waals surface area contributed by atoms with Crippen molar-refractivity contribution < 1.29 is 0 Å². The van der Waals surface area contributed by atoms with Crippen molar-refractivity contribution in [1.29, 1.82) is 0 Å². The number of hydrogen-bond acceptors (Lipinski definition) is 1. The van der Waals surface area contributed by atoms with Crippen LogP contribution in [0.2, 0.25) is 0 Å². The van der Waals surface area contributed by atoms with Crippen molar-refractivity contribution >= 4 is 10.9 Å². The van der Waals surface area contributed by atoms with Crippen molar-refractivity contribution in [1.82, 2.24) is 9.47 Å². The van der Waals surface area contributed by atoms with Crippen LogP contribution in [0.1, 0.15) is 35.4 Å². The van der Waals surface area contributed by atoms with Gasteiger partial charge in [0.15, 0.2) is 0 Å². The second kappa shape index (κ2) is 6.03. The molecule has 25 heavy (non-hydrogen) atoms. The van der Waals surface area contributed by atoms with Gasteiger partial charge in [0.25, 0.3) is 0 Å². The van der Waals surface area contributed by atoms with Gasteiger partial charge in [-0.15, -0.1) is 0 Å². The molecule has 1 aromatic heterocycles. The molecule has 2 aromatic carbocycles. The average Bonchev–Trinajstić information content (AvgIpc) is 3.03. The van der Waals surface area contributed by atoms with Crippen LogP contribution in [0.15, 0.2) is 54.7 Å². The normalized spacial score (nSPS) is 25.6. The number of nitrogens with zero attached hydrogens (tertiary/aromatic N) is 2. The van der Waals surface area contributed by atoms with Crippen molar-refractivity contribution in [3.63, 3.8) is 0 Å². The highest BCUT2D eigenvalue weighted by molar-refractivity contribution is 5.84. The van der Waals surface area contributed by atoms with Crippen molar-refractivity contribution in [3.8, 4) is 0 Å². The zero-order chi connectivity index (χ0) is 16.8. The molecule has 2 nitrogen and oxygen atoms in total. The number of hydrogen-bond donors (Lipinski definition) is 0. The van der Waals surface area contributed by atoms with Gasteiger partial charge < -0.3 is 9.47 Å². The maximum absolute atomic E-state index is 2.66. The molecular weight excluding hydrogens is 304 g/mol. The molecule has 1 unspecified atom stereocenters. The van der Waals surface area contributed by atoms with Gasteiger partial charge >= 0.3 is 0 Å². The van der Waals surface area contributed by atoms with E-state index in [4.69, 9.17) is 0 Å². The van der Waals surface area contributed by atoms with E-state index < -0.39 is 0 Å². The van der Waals surface area contributed by atoms with E-state index in [9.17, 15) is 0 Å². The van der Waals surface area contributed by atoms with Crippen LogP contribution < -0.4 is 0 Å². The summed E-state index contributed by atoms with van der Waals surface area (Å²) >= 11 is 0. The lowest BCUT2D eigenvalue weighted by molar-refractivity contribution is 0.0876. The van der Waals surface area contributed by atoms with Crippen molar-refractivity contribution in [3.05, 3.63) is 71.4 Å². The van der Waals surface area contributed by atoms with Crippen molar-refractivity contribution in [2.75, 3.05) is 19.6 Å². The zero-order valence-corrected chi connectivity index (χ0v) is 15.0. The first-order chi connectivity index (χ1) is 12.3. The highest BCUT2D eigenvalue weighted by atomic mass is 15.1. The first-order valence-electron chi connectivity index (χ1n) is 9.63. The van der Waals surface area contributed by atoms with Gasteiger partial charge in [-0.25, -0.2) is 0 Å². The molecule has 3 aliphatic heterocycles. The summed E-state index contributed by atoms with van der Waals surface area (Å²) in [5.74, 6) is 1.59. The number of piperidine rings is 3. The van der Waals surface area contributed by atoms with E-state index in [-0.39, 0.29) is 0 Å². The smallest absolute Gasteiger partial charge is 0.0486 e. The molecule has 0 aliphatic carbocycles. The maximum atomic E-state index is 2.66. The summed E-state index contributed by atoms with van der Waals surface area (Å²) in [6.45, 7) is 6.98. The number of para-hydroxylation sites is 1. The molecule has 3 fully saturated rings. The van der Waals surface area contributed by atoms with Crippen LogP contribution in [0, 0.1) is 12.8 Å². The Labute approximate surface area is 150 Å². The average molecular weight is 330 g/mol. The Morgan fingerprint density at radius 3 is 2.44 bits per heavy atom. The predicted molar refractivity (Wildman–Crippen MR) is 104 cm³/mol. The third-order valence-corrected chi connectivity index (χ3v) is 6.35. The maximum Gasteiger partial charge on any atom is 0.0486 e. The molecule has 6 rings (SSSR count). The van der Waals surface area contributed by atoms with Crippen LogP contribution in [0.3, 0.4) is 0 Å². The van der Waals surface area contributed by atoms with Gasteiger partial charge in [0, 0.05) is 36.1 Å². The topological polar surface area (TPSA) is 8.17 Å². The Bertz CT molecular complexity index is 882. The minimum atomic E-state index is 0.715. The molecule has 2 bridgehead atoms. The second-order valence-electron chi connectivity index (χ2n) is 7.96. The van der Waals surface area contributed by atoms with Crippen LogP contribution >= 0.6 is 0 Å². The Hall–Kier alpha value is -2.06. The van der Waals surface area contributed by atoms with E-state index in [0.29, 0.717) is 5.92 Å². The van der Waals surface area contributed by atoms with Crippen LogP contribution in [0.4, 0.5) is 0 Å². The Morgan fingerprint density at radius 2 is 1.72 bits per heavy atom.